The zero-order chi connectivity index (χ0) is 6.15. The molecule has 1 heterocycles. The van der Waals surface area contributed by atoms with Crippen molar-refractivity contribution in [1.29, 1.82) is 0 Å². The molecule has 0 saturated carbocycles. The SMILES string of the molecule is CC1CNC(=O)[C@H]1N. The fraction of sp³-hybridized carbons (Fsp3) is 0.800. The van der Waals surface area contributed by atoms with E-state index in [0.29, 0.717) is 5.92 Å². The van der Waals surface area contributed by atoms with Crippen molar-refractivity contribution in [3.05, 3.63) is 0 Å². The zero-order valence-electron chi connectivity index (χ0n) is 4.85. The van der Waals surface area contributed by atoms with Crippen LogP contribution in [0.1, 0.15) is 6.92 Å². The first-order valence-corrected chi connectivity index (χ1v) is 2.75. The van der Waals surface area contributed by atoms with Gasteiger partial charge in [-0.2, -0.15) is 0 Å². The number of hydrogen-bond acceptors (Lipinski definition) is 2. The van der Waals surface area contributed by atoms with Gasteiger partial charge in [-0.3, -0.25) is 4.79 Å². The van der Waals surface area contributed by atoms with Gasteiger partial charge in [0.05, 0.1) is 6.04 Å². The van der Waals surface area contributed by atoms with Crippen molar-refractivity contribution in [2.75, 3.05) is 6.54 Å². The maximum Gasteiger partial charge on any atom is 0.237 e. The molecule has 0 aliphatic carbocycles. The van der Waals surface area contributed by atoms with Gasteiger partial charge in [-0.25, -0.2) is 0 Å². The molecular formula is C5H10N2O. The van der Waals surface area contributed by atoms with Crippen LogP contribution in [0.15, 0.2) is 0 Å². The number of nitrogens with two attached hydrogens (primary N) is 1. The van der Waals surface area contributed by atoms with E-state index in [9.17, 15) is 4.79 Å². The number of carbonyl (C=O) groups is 1. The van der Waals surface area contributed by atoms with Gasteiger partial charge in [-0.1, -0.05) is 6.92 Å². The lowest BCUT2D eigenvalue weighted by Crippen LogP contribution is -2.32. The molecule has 3 heteroatoms. The minimum Gasteiger partial charge on any atom is -0.354 e. The number of hydrogen-bond donors (Lipinski definition) is 2. The van der Waals surface area contributed by atoms with E-state index in [-0.39, 0.29) is 11.9 Å². The van der Waals surface area contributed by atoms with Crippen LogP contribution in [-0.2, 0) is 4.79 Å². The Bertz CT molecular complexity index is 113. The molecule has 1 rings (SSSR count). The first-order valence-electron chi connectivity index (χ1n) is 2.75. The van der Waals surface area contributed by atoms with Crippen LogP contribution < -0.4 is 11.1 Å². The highest BCUT2D eigenvalue weighted by molar-refractivity contribution is 5.83. The first-order chi connectivity index (χ1) is 3.72. The number of rotatable bonds is 0. The second-order valence-electron chi connectivity index (χ2n) is 2.25. The summed E-state index contributed by atoms with van der Waals surface area (Å²) in [6.07, 6.45) is 0. The van der Waals surface area contributed by atoms with E-state index in [1.165, 1.54) is 0 Å². The van der Waals surface area contributed by atoms with E-state index in [1.54, 1.807) is 0 Å². The van der Waals surface area contributed by atoms with Crippen molar-refractivity contribution in [2.45, 2.75) is 13.0 Å². The third-order valence-corrected chi connectivity index (χ3v) is 1.51. The lowest BCUT2D eigenvalue weighted by atomic mass is 10.1. The summed E-state index contributed by atoms with van der Waals surface area (Å²) in [5.41, 5.74) is 5.41. The van der Waals surface area contributed by atoms with E-state index in [2.05, 4.69) is 5.32 Å². The molecule has 0 aromatic heterocycles. The Hall–Kier alpha value is -0.570. The van der Waals surface area contributed by atoms with Crippen LogP contribution >= 0.6 is 0 Å². The van der Waals surface area contributed by atoms with Gasteiger partial charge < -0.3 is 11.1 Å². The summed E-state index contributed by atoms with van der Waals surface area (Å²) in [6, 6.07) is -0.269. The molecule has 1 aliphatic heterocycles. The molecule has 0 radical (unpaired) electrons. The molecule has 1 fully saturated rings. The normalized spacial score (nSPS) is 37.5. The Morgan fingerprint density at radius 2 is 2.50 bits per heavy atom. The van der Waals surface area contributed by atoms with Crippen LogP contribution in [0.25, 0.3) is 0 Å². The Labute approximate surface area is 48.2 Å². The van der Waals surface area contributed by atoms with Gasteiger partial charge in [-0.05, 0) is 5.92 Å². The molecule has 46 valence electrons. The van der Waals surface area contributed by atoms with Crippen molar-refractivity contribution in [1.82, 2.24) is 5.32 Å². The molecule has 0 aromatic rings. The van der Waals surface area contributed by atoms with Crippen LogP contribution in [0.5, 0.6) is 0 Å². The van der Waals surface area contributed by atoms with Crippen LogP contribution in [0.3, 0.4) is 0 Å². The second kappa shape index (κ2) is 1.74. The topological polar surface area (TPSA) is 55.1 Å². The number of nitrogens with one attached hydrogen (secondary N) is 1. The van der Waals surface area contributed by atoms with Crippen LogP contribution in [0, 0.1) is 5.92 Å². The highest BCUT2D eigenvalue weighted by Gasteiger charge is 2.26. The first kappa shape index (κ1) is 5.56. The highest BCUT2D eigenvalue weighted by Crippen LogP contribution is 2.04. The Balaban J connectivity index is 2.56. The Kier molecular flexibility index (Phi) is 1.21. The molecule has 1 aliphatic rings. The quantitative estimate of drug-likeness (QED) is 0.428. The molecule has 0 aromatic carbocycles. The molecule has 0 bridgehead atoms. The van der Waals surface area contributed by atoms with Crippen LogP contribution in [0.2, 0.25) is 0 Å². The van der Waals surface area contributed by atoms with Crippen molar-refractivity contribution >= 4 is 5.91 Å². The summed E-state index contributed by atoms with van der Waals surface area (Å²) in [7, 11) is 0. The lowest BCUT2D eigenvalue weighted by Gasteiger charge is -2.01. The maximum absolute atomic E-state index is 10.5. The maximum atomic E-state index is 10.5. The monoisotopic (exact) mass is 114 g/mol. The number of carbonyl (C=O) groups excluding carboxylic acids is 1. The van der Waals surface area contributed by atoms with E-state index < -0.39 is 0 Å². The molecule has 1 saturated heterocycles. The molecule has 1 amide bonds. The van der Waals surface area contributed by atoms with Gasteiger partial charge in [0.1, 0.15) is 0 Å². The average molecular weight is 114 g/mol. The minimum atomic E-state index is -0.269. The van der Waals surface area contributed by atoms with Crippen molar-refractivity contribution in [3.63, 3.8) is 0 Å². The van der Waals surface area contributed by atoms with Crippen LogP contribution in [-0.4, -0.2) is 18.5 Å². The summed E-state index contributed by atoms with van der Waals surface area (Å²) < 4.78 is 0. The van der Waals surface area contributed by atoms with Gasteiger partial charge in [-0.15, -0.1) is 0 Å². The molecule has 0 spiro atoms. The smallest absolute Gasteiger partial charge is 0.237 e. The summed E-state index contributed by atoms with van der Waals surface area (Å²) >= 11 is 0. The summed E-state index contributed by atoms with van der Waals surface area (Å²) in [5, 5.41) is 2.66. The standard InChI is InChI=1S/C5H10N2O/c1-3-2-7-5(8)4(3)6/h3-4H,2,6H2,1H3,(H,7,8)/t3?,4-/m0/s1. The van der Waals surface area contributed by atoms with Gasteiger partial charge in [0.15, 0.2) is 0 Å². The summed E-state index contributed by atoms with van der Waals surface area (Å²) in [5.74, 6) is 0.292. The Morgan fingerprint density at radius 1 is 1.88 bits per heavy atom. The van der Waals surface area contributed by atoms with E-state index in [0.717, 1.165) is 6.54 Å². The lowest BCUT2D eigenvalue weighted by molar-refractivity contribution is -0.120. The predicted molar refractivity (Wildman–Crippen MR) is 30.1 cm³/mol. The van der Waals surface area contributed by atoms with Crippen LogP contribution in [0.4, 0.5) is 0 Å². The van der Waals surface area contributed by atoms with Crippen molar-refractivity contribution in [3.8, 4) is 0 Å². The van der Waals surface area contributed by atoms with Gasteiger partial charge >= 0.3 is 0 Å². The summed E-state index contributed by atoms with van der Waals surface area (Å²) in [4.78, 5) is 10.5. The van der Waals surface area contributed by atoms with E-state index >= 15 is 0 Å². The fourth-order valence-electron chi connectivity index (χ4n) is 0.765. The zero-order valence-corrected chi connectivity index (χ0v) is 4.85. The molecule has 3 N–H and O–H groups in total. The summed E-state index contributed by atoms with van der Waals surface area (Å²) in [6.45, 7) is 2.70. The minimum absolute atomic E-state index is 0.0162. The van der Waals surface area contributed by atoms with E-state index in [1.807, 2.05) is 6.92 Å². The largest absolute Gasteiger partial charge is 0.354 e. The number of amides is 1. The fourth-order valence-corrected chi connectivity index (χ4v) is 0.765. The molecular weight excluding hydrogens is 104 g/mol. The molecule has 3 nitrogen and oxygen atoms in total. The second-order valence-corrected chi connectivity index (χ2v) is 2.25. The molecule has 1 unspecified atom stereocenters. The van der Waals surface area contributed by atoms with E-state index in [4.69, 9.17) is 5.73 Å². The molecule has 2 atom stereocenters. The molecule has 8 heavy (non-hydrogen) atoms. The third-order valence-electron chi connectivity index (χ3n) is 1.51. The van der Waals surface area contributed by atoms with Gasteiger partial charge in [0, 0.05) is 6.54 Å². The van der Waals surface area contributed by atoms with Gasteiger partial charge in [0.2, 0.25) is 5.91 Å². The average Bonchev–Trinajstić information content (AvgIpc) is 1.98. The highest BCUT2D eigenvalue weighted by atomic mass is 16.2. The van der Waals surface area contributed by atoms with Gasteiger partial charge in [0.25, 0.3) is 0 Å². The van der Waals surface area contributed by atoms with Crippen molar-refractivity contribution in [2.24, 2.45) is 11.7 Å². The predicted octanol–water partition coefficient (Wildman–Crippen LogP) is -0.920. The Morgan fingerprint density at radius 3 is 2.62 bits per heavy atom. The third kappa shape index (κ3) is 0.690. The van der Waals surface area contributed by atoms with Crippen molar-refractivity contribution < 1.29 is 4.79 Å².